The van der Waals surface area contributed by atoms with Gasteiger partial charge in [0.15, 0.2) is 0 Å². The Morgan fingerprint density at radius 3 is 2.23 bits per heavy atom. The maximum Gasteiger partial charge on any atom is 0.330 e. The van der Waals surface area contributed by atoms with Crippen LogP contribution in [0, 0.1) is 5.92 Å². The van der Waals surface area contributed by atoms with E-state index in [-0.39, 0.29) is 18.3 Å². The Morgan fingerprint density at radius 2 is 1.61 bits per heavy atom. The fourth-order valence-corrected chi connectivity index (χ4v) is 3.01. The molecule has 0 aliphatic heterocycles. The molecular formula is C24H34O7. The topological polar surface area (TPSA) is 99.1 Å². The number of carboxylic acid groups (broad SMARTS) is 1. The average Bonchev–Trinajstić information content (AvgIpc) is 2.75. The van der Waals surface area contributed by atoms with E-state index in [0.717, 1.165) is 38.2 Å². The minimum atomic E-state index is -0.853. The van der Waals surface area contributed by atoms with Crippen molar-refractivity contribution in [2.75, 3.05) is 13.2 Å². The summed E-state index contributed by atoms with van der Waals surface area (Å²) in [6.45, 7) is 6.32. The third-order valence-electron chi connectivity index (χ3n) is 4.67. The molecule has 0 saturated heterocycles. The number of benzene rings is 1. The molecule has 172 valence electrons. The van der Waals surface area contributed by atoms with E-state index in [1.165, 1.54) is 0 Å². The highest BCUT2D eigenvalue weighted by Crippen LogP contribution is 2.22. The Bertz CT molecular complexity index is 682. The molecule has 7 heteroatoms. The van der Waals surface area contributed by atoms with Gasteiger partial charge in [-0.1, -0.05) is 19.9 Å². The van der Waals surface area contributed by atoms with Gasteiger partial charge in [0, 0.05) is 12.5 Å². The Balaban J connectivity index is 2.28. The van der Waals surface area contributed by atoms with Crippen LogP contribution in [0.25, 0.3) is 0 Å². The van der Waals surface area contributed by atoms with Crippen LogP contribution in [0.3, 0.4) is 0 Å². The summed E-state index contributed by atoms with van der Waals surface area (Å²) in [4.78, 5) is 34.0. The molecule has 1 aromatic rings. The molecule has 1 aromatic carbocycles. The highest BCUT2D eigenvalue weighted by molar-refractivity contribution is 5.81. The van der Waals surface area contributed by atoms with Crippen molar-refractivity contribution in [2.45, 2.75) is 64.7 Å². The van der Waals surface area contributed by atoms with Gasteiger partial charge < -0.3 is 19.3 Å². The minimum absolute atomic E-state index is 0.0578. The van der Waals surface area contributed by atoms with Crippen LogP contribution in [-0.4, -0.2) is 36.2 Å². The number of hydrogen-bond acceptors (Lipinski definition) is 6. The molecule has 1 rings (SSSR count). The predicted molar refractivity (Wildman–Crippen MR) is 117 cm³/mol. The molecule has 0 bridgehead atoms. The predicted octanol–water partition coefficient (Wildman–Crippen LogP) is 4.93. The summed E-state index contributed by atoms with van der Waals surface area (Å²) < 4.78 is 16.1. The first-order valence-electron chi connectivity index (χ1n) is 10.9. The summed E-state index contributed by atoms with van der Waals surface area (Å²) in [6.07, 6.45) is 7.33. The number of esters is 2. The van der Waals surface area contributed by atoms with Crippen molar-refractivity contribution in [2.24, 2.45) is 5.92 Å². The number of carboxylic acids is 1. The van der Waals surface area contributed by atoms with E-state index >= 15 is 0 Å². The fourth-order valence-electron chi connectivity index (χ4n) is 3.01. The number of carbonyl (C=O) groups excluding carboxylic acids is 2. The standard InChI is InChI=1S/C24H34O7/c1-3-10-19(11-9-12-22(25)26)24(28)31-21-15-13-20(14-16-21)29-17-7-5-6-8-18-30-23(27)4-2/h4,13-16,19H,2-3,5-12,17-18H2,1H3,(H,25,26). The SMILES string of the molecule is C=CC(=O)OCCCCCCOc1ccc(OC(=O)C(CCC)CCCC(=O)O)cc1. The largest absolute Gasteiger partial charge is 0.494 e. The normalized spacial score (nSPS) is 11.4. The van der Waals surface area contributed by atoms with Gasteiger partial charge in [0.1, 0.15) is 11.5 Å². The van der Waals surface area contributed by atoms with Crippen molar-refractivity contribution in [3.63, 3.8) is 0 Å². The zero-order valence-corrected chi connectivity index (χ0v) is 18.3. The maximum absolute atomic E-state index is 12.4. The van der Waals surface area contributed by atoms with Gasteiger partial charge in [0.25, 0.3) is 0 Å². The number of ether oxygens (including phenoxy) is 3. The number of hydrogen-bond donors (Lipinski definition) is 1. The molecule has 0 aliphatic carbocycles. The molecule has 0 fully saturated rings. The summed E-state index contributed by atoms with van der Waals surface area (Å²) >= 11 is 0. The quantitative estimate of drug-likeness (QED) is 0.161. The summed E-state index contributed by atoms with van der Waals surface area (Å²) in [5, 5.41) is 8.76. The molecule has 1 atom stereocenters. The van der Waals surface area contributed by atoms with Crippen LogP contribution in [0.1, 0.15) is 64.7 Å². The molecule has 0 radical (unpaired) electrons. The first kappa shape index (κ1) is 26.2. The smallest absolute Gasteiger partial charge is 0.330 e. The van der Waals surface area contributed by atoms with Crippen molar-refractivity contribution in [1.82, 2.24) is 0 Å². The Hall–Kier alpha value is -2.83. The van der Waals surface area contributed by atoms with Crippen LogP contribution in [0.5, 0.6) is 11.5 Å². The van der Waals surface area contributed by atoms with Crippen LogP contribution < -0.4 is 9.47 Å². The first-order valence-corrected chi connectivity index (χ1v) is 10.9. The zero-order chi connectivity index (χ0) is 22.9. The lowest BCUT2D eigenvalue weighted by Crippen LogP contribution is -2.21. The monoisotopic (exact) mass is 434 g/mol. The van der Waals surface area contributed by atoms with Crippen LogP contribution in [0.2, 0.25) is 0 Å². The first-order chi connectivity index (χ1) is 15.0. The molecule has 0 heterocycles. The highest BCUT2D eigenvalue weighted by Gasteiger charge is 2.20. The lowest BCUT2D eigenvalue weighted by molar-refractivity contribution is -0.141. The average molecular weight is 435 g/mol. The van der Waals surface area contributed by atoms with Gasteiger partial charge >= 0.3 is 17.9 Å². The second kappa shape index (κ2) is 15.9. The Labute approximate surface area is 184 Å². The number of carbonyl (C=O) groups is 3. The molecule has 0 aliphatic rings. The molecule has 0 aromatic heterocycles. The van der Waals surface area contributed by atoms with Crippen molar-refractivity contribution >= 4 is 17.9 Å². The van der Waals surface area contributed by atoms with Crippen molar-refractivity contribution in [3.8, 4) is 11.5 Å². The lowest BCUT2D eigenvalue weighted by atomic mass is 9.97. The van der Waals surface area contributed by atoms with Crippen LogP contribution in [0.4, 0.5) is 0 Å². The van der Waals surface area contributed by atoms with E-state index in [9.17, 15) is 14.4 Å². The third-order valence-corrected chi connectivity index (χ3v) is 4.67. The van der Waals surface area contributed by atoms with Crippen LogP contribution in [-0.2, 0) is 19.1 Å². The van der Waals surface area contributed by atoms with E-state index < -0.39 is 11.9 Å². The van der Waals surface area contributed by atoms with Crippen LogP contribution >= 0.6 is 0 Å². The minimum Gasteiger partial charge on any atom is -0.494 e. The summed E-state index contributed by atoms with van der Waals surface area (Å²) in [7, 11) is 0. The number of unbranched alkanes of at least 4 members (excludes halogenated alkanes) is 3. The van der Waals surface area contributed by atoms with Gasteiger partial charge in [-0.25, -0.2) is 4.79 Å². The highest BCUT2D eigenvalue weighted by atomic mass is 16.5. The van der Waals surface area contributed by atoms with Gasteiger partial charge in [-0.2, -0.15) is 0 Å². The molecule has 0 amide bonds. The summed E-state index contributed by atoms with van der Waals surface area (Å²) in [6, 6.07) is 6.91. The van der Waals surface area contributed by atoms with E-state index in [0.29, 0.717) is 44.0 Å². The van der Waals surface area contributed by atoms with Gasteiger partial charge in [0.2, 0.25) is 0 Å². The van der Waals surface area contributed by atoms with Crippen molar-refractivity contribution < 1.29 is 33.7 Å². The molecule has 31 heavy (non-hydrogen) atoms. The maximum atomic E-state index is 12.4. The molecule has 7 nitrogen and oxygen atoms in total. The van der Waals surface area contributed by atoms with E-state index in [1.54, 1.807) is 24.3 Å². The second-order valence-corrected chi connectivity index (χ2v) is 7.30. The third kappa shape index (κ3) is 12.5. The van der Waals surface area contributed by atoms with Gasteiger partial charge in [0.05, 0.1) is 19.1 Å². The van der Waals surface area contributed by atoms with Gasteiger partial charge in [-0.05, 0) is 69.2 Å². The van der Waals surface area contributed by atoms with Gasteiger partial charge in [-0.15, -0.1) is 0 Å². The van der Waals surface area contributed by atoms with Crippen LogP contribution in [0.15, 0.2) is 36.9 Å². The van der Waals surface area contributed by atoms with E-state index in [1.807, 2.05) is 6.92 Å². The fraction of sp³-hybridized carbons (Fsp3) is 0.542. The van der Waals surface area contributed by atoms with Gasteiger partial charge in [-0.3, -0.25) is 9.59 Å². The van der Waals surface area contributed by atoms with E-state index in [4.69, 9.17) is 19.3 Å². The summed E-state index contributed by atoms with van der Waals surface area (Å²) in [5.41, 5.74) is 0. The molecule has 1 unspecified atom stereocenters. The second-order valence-electron chi connectivity index (χ2n) is 7.30. The Kier molecular flexibility index (Phi) is 13.5. The number of aliphatic carboxylic acids is 1. The van der Waals surface area contributed by atoms with Crippen molar-refractivity contribution in [3.05, 3.63) is 36.9 Å². The molecule has 0 saturated carbocycles. The zero-order valence-electron chi connectivity index (χ0n) is 18.3. The van der Waals surface area contributed by atoms with E-state index in [2.05, 4.69) is 6.58 Å². The number of rotatable bonds is 17. The molecule has 1 N–H and O–H groups in total. The lowest BCUT2D eigenvalue weighted by Gasteiger charge is -2.15. The Morgan fingerprint density at radius 1 is 0.968 bits per heavy atom. The molecule has 0 spiro atoms. The molecular weight excluding hydrogens is 400 g/mol. The van der Waals surface area contributed by atoms with Crippen molar-refractivity contribution in [1.29, 1.82) is 0 Å². The summed E-state index contributed by atoms with van der Waals surface area (Å²) in [5.74, 6) is -0.706.